The molecule has 0 spiro atoms. The highest BCUT2D eigenvalue weighted by atomic mass is 16.5. The summed E-state index contributed by atoms with van der Waals surface area (Å²) < 4.78 is 5.44. The molecule has 0 aromatic carbocycles. The fraction of sp³-hybridized carbons (Fsp3) is 1.00. The van der Waals surface area contributed by atoms with Gasteiger partial charge in [-0.2, -0.15) is 0 Å². The van der Waals surface area contributed by atoms with E-state index in [2.05, 4.69) is 16.8 Å². The van der Waals surface area contributed by atoms with Crippen LogP contribution < -0.4 is 5.73 Å². The van der Waals surface area contributed by atoms with Gasteiger partial charge >= 0.3 is 0 Å². The highest BCUT2D eigenvalue weighted by Gasteiger charge is 2.39. The van der Waals surface area contributed by atoms with Crippen molar-refractivity contribution in [2.24, 2.45) is 5.73 Å². The molecule has 0 aromatic heterocycles. The molecule has 4 heteroatoms. The van der Waals surface area contributed by atoms with Crippen LogP contribution in [0.3, 0.4) is 0 Å². The smallest absolute Gasteiger partial charge is 0.0595 e. The molecule has 100 valence electrons. The van der Waals surface area contributed by atoms with Crippen molar-refractivity contribution in [3.63, 3.8) is 0 Å². The van der Waals surface area contributed by atoms with E-state index in [0.717, 1.165) is 32.5 Å². The number of hydrogen-bond donors (Lipinski definition) is 1. The molecule has 17 heavy (non-hydrogen) atoms. The minimum Gasteiger partial charge on any atom is -0.381 e. The normalized spacial score (nSPS) is 28.4. The molecule has 0 saturated carbocycles. The third-order valence-electron chi connectivity index (χ3n) is 4.74. The van der Waals surface area contributed by atoms with Gasteiger partial charge in [-0.15, -0.1) is 0 Å². The molecule has 0 radical (unpaired) electrons. The van der Waals surface area contributed by atoms with Crippen molar-refractivity contribution in [3.8, 4) is 0 Å². The summed E-state index contributed by atoms with van der Waals surface area (Å²) >= 11 is 0. The van der Waals surface area contributed by atoms with Crippen molar-refractivity contribution in [1.82, 2.24) is 9.80 Å². The van der Waals surface area contributed by atoms with Crippen molar-refractivity contribution < 1.29 is 4.74 Å². The van der Waals surface area contributed by atoms with E-state index >= 15 is 0 Å². The maximum atomic E-state index is 6.09. The van der Waals surface area contributed by atoms with Crippen LogP contribution in [0, 0.1) is 0 Å². The number of rotatable bonds is 3. The van der Waals surface area contributed by atoms with Crippen molar-refractivity contribution in [1.29, 1.82) is 0 Å². The number of piperidine rings is 2. The summed E-state index contributed by atoms with van der Waals surface area (Å²) in [4.78, 5) is 5.05. The van der Waals surface area contributed by atoms with Gasteiger partial charge in [-0.25, -0.2) is 0 Å². The van der Waals surface area contributed by atoms with Crippen molar-refractivity contribution >= 4 is 0 Å². The summed E-state index contributed by atoms with van der Waals surface area (Å²) in [6.07, 6.45) is 5.23. The van der Waals surface area contributed by atoms with Gasteiger partial charge in [-0.3, -0.25) is 4.90 Å². The van der Waals surface area contributed by atoms with Crippen molar-refractivity contribution in [2.75, 3.05) is 46.9 Å². The molecule has 0 atom stereocenters. The summed E-state index contributed by atoms with van der Waals surface area (Å²) in [5.74, 6) is 0. The lowest BCUT2D eigenvalue weighted by Crippen LogP contribution is -2.61. The third kappa shape index (κ3) is 2.81. The zero-order valence-corrected chi connectivity index (χ0v) is 11.3. The first-order valence-electron chi connectivity index (χ1n) is 6.87. The molecular weight excluding hydrogens is 214 g/mol. The predicted octanol–water partition coefficient (Wildman–Crippen LogP) is 0.520. The molecule has 0 amide bonds. The molecular formula is C13H27N3O. The highest BCUT2D eigenvalue weighted by molar-refractivity contribution is 4.97. The van der Waals surface area contributed by atoms with E-state index in [4.69, 9.17) is 10.5 Å². The van der Waals surface area contributed by atoms with Crippen LogP contribution in [-0.2, 0) is 4.74 Å². The second kappa shape index (κ2) is 5.65. The summed E-state index contributed by atoms with van der Waals surface area (Å²) in [6, 6.07) is 0. The van der Waals surface area contributed by atoms with Gasteiger partial charge in [0, 0.05) is 32.3 Å². The maximum absolute atomic E-state index is 6.09. The van der Waals surface area contributed by atoms with Gasteiger partial charge in [0.05, 0.1) is 6.10 Å². The largest absolute Gasteiger partial charge is 0.381 e. The lowest BCUT2D eigenvalue weighted by molar-refractivity contribution is -0.0241. The zero-order chi connectivity index (χ0) is 12.3. The average Bonchev–Trinajstić information content (AvgIpc) is 2.40. The first-order valence-corrected chi connectivity index (χ1v) is 6.87. The molecule has 4 nitrogen and oxygen atoms in total. The molecule has 2 heterocycles. The Bertz CT molecular complexity index is 231. The Morgan fingerprint density at radius 3 is 2.24 bits per heavy atom. The van der Waals surface area contributed by atoms with Gasteiger partial charge in [0.2, 0.25) is 0 Å². The lowest BCUT2D eigenvalue weighted by atomic mass is 9.84. The topological polar surface area (TPSA) is 41.7 Å². The van der Waals surface area contributed by atoms with E-state index in [-0.39, 0.29) is 5.54 Å². The number of hydrogen-bond acceptors (Lipinski definition) is 4. The van der Waals surface area contributed by atoms with Crippen LogP contribution in [0.4, 0.5) is 0 Å². The maximum Gasteiger partial charge on any atom is 0.0595 e. The lowest BCUT2D eigenvalue weighted by Gasteiger charge is -2.50. The molecule has 2 N–H and O–H groups in total. The molecule has 0 aliphatic carbocycles. The average molecular weight is 241 g/mol. The Morgan fingerprint density at radius 2 is 1.76 bits per heavy atom. The van der Waals surface area contributed by atoms with Crippen LogP contribution in [0.1, 0.15) is 25.7 Å². The zero-order valence-electron chi connectivity index (χ0n) is 11.3. The minimum absolute atomic E-state index is 0.269. The van der Waals surface area contributed by atoms with E-state index in [9.17, 15) is 0 Å². The first kappa shape index (κ1) is 13.3. The fourth-order valence-electron chi connectivity index (χ4n) is 3.25. The Balaban J connectivity index is 1.94. The predicted molar refractivity (Wildman–Crippen MR) is 70.1 cm³/mol. The molecule has 2 aliphatic heterocycles. The van der Waals surface area contributed by atoms with Gasteiger partial charge in [-0.1, -0.05) is 0 Å². The summed E-state index contributed by atoms with van der Waals surface area (Å²) in [6.45, 7) is 5.47. The van der Waals surface area contributed by atoms with Crippen LogP contribution in [0.25, 0.3) is 0 Å². The number of likely N-dealkylation sites (tertiary alicyclic amines) is 2. The van der Waals surface area contributed by atoms with Crippen LogP contribution in [-0.4, -0.2) is 68.3 Å². The third-order valence-corrected chi connectivity index (χ3v) is 4.74. The van der Waals surface area contributed by atoms with Crippen LogP contribution in [0.5, 0.6) is 0 Å². The Labute approximate surface area is 105 Å². The highest BCUT2D eigenvalue weighted by Crippen LogP contribution is 2.30. The number of ether oxygens (including phenoxy) is 1. The van der Waals surface area contributed by atoms with Crippen LogP contribution in [0.15, 0.2) is 0 Å². The van der Waals surface area contributed by atoms with Crippen molar-refractivity contribution in [2.45, 2.75) is 37.3 Å². The van der Waals surface area contributed by atoms with Crippen molar-refractivity contribution in [3.05, 3.63) is 0 Å². The SMILES string of the molecule is COC1CCN(C2(CN)CCN(C)CC2)CC1. The monoisotopic (exact) mass is 241 g/mol. The second-order valence-corrected chi connectivity index (χ2v) is 5.65. The van der Waals surface area contributed by atoms with Gasteiger partial charge in [-0.05, 0) is 45.8 Å². The fourth-order valence-corrected chi connectivity index (χ4v) is 3.25. The molecule has 2 saturated heterocycles. The Morgan fingerprint density at radius 1 is 1.18 bits per heavy atom. The standard InChI is InChI=1S/C13H27N3O/c1-15-9-5-13(11-14,6-10-15)16-7-3-12(17-2)4-8-16/h12H,3-11,14H2,1-2H3. The van der Waals surface area contributed by atoms with E-state index in [0.29, 0.717) is 6.10 Å². The van der Waals surface area contributed by atoms with Crippen LogP contribution >= 0.6 is 0 Å². The van der Waals surface area contributed by atoms with Gasteiger partial charge < -0.3 is 15.4 Å². The Hall–Kier alpha value is -0.160. The summed E-state index contributed by atoms with van der Waals surface area (Å²) in [5, 5.41) is 0. The van der Waals surface area contributed by atoms with Crippen LogP contribution in [0.2, 0.25) is 0 Å². The quantitative estimate of drug-likeness (QED) is 0.782. The molecule has 2 rings (SSSR count). The van der Waals surface area contributed by atoms with Gasteiger partial charge in [0.25, 0.3) is 0 Å². The molecule has 0 aromatic rings. The summed E-state index contributed by atoms with van der Waals surface area (Å²) in [5.41, 5.74) is 6.36. The number of nitrogens with two attached hydrogens (primary N) is 1. The molecule has 2 aliphatic rings. The molecule has 2 fully saturated rings. The number of methoxy groups -OCH3 is 1. The van der Waals surface area contributed by atoms with Gasteiger partial charge in [0.15, 0.2) is 0 Å². The Kier molecular flexibility index (Phi) is 4.42. The number of nitrogens with zero attached hydrogens (tertiary/aromatic N) is 2. The second-order valence-electron chi connectivity index (χ2n) is 5.65. The van der Waals surface area contributed by atoms with E-state index in [1.807, 2.05) is 7.11 Å². The van der Waals surface area contributed by atoms with E-state index in [1.54, 1.807) is 0 Å². The molecule has 0 bridgehead atoms. The first-order chi connectivity index (χ1) is 8.20. The van der Waals surface area contributed by atoms with Gasteiger partial charge in [0.1, 0.15) is 0 Å². The van der Waals surface area contributed by atoms with E-state index < -0.39 is 0 Å². The van der Waals surface area contributed by atoms with E-state index in [1.165, 1.54) is 25.9 Å². The minimum atomic E-state index is 0.269. The molecule has 0 unspecified atom stereocenters. The summed E-state index contributed by atoms with van der Waals surface area (Å²) in [7, 11) is 4.03.